The summed E-state index contributed by atoms with van der Waals surface area (Å²) in [6.07, 6.45) is 3.44. The van der Waals surface area contributed by atoms with Crippen molar-refractivity contribution in [2.45, 2.75) is 0 Å². The van der Waals surface area contributed by atoms with E-state index in [4.69, 9.17) is 0 Å². The molecule has 0 aliphatic rings. The van der Waals surface area contributed by atoms with Crippen LogP contribution in [0.1, 0.15) is 5.56 Å². The number of rotatable bonds is 1. The second-order valence-corrected chi connectivity index (χ2v) is 4.06. The molecule has 0 amide bonds. The van der Waals surface area contributed by atoms with E-state index in [0.29, 0.717) is 5.52 Å². The predicted octanol–water partition coefficient (Wildman–Crippen LogP) is 3.19. The average Bonchev–Trinajstić information content (AvgIpc) is 2.23. The van der Waals surface area contributed by atoms with Gasteiger partial charge in [-0.1, -0.05) is 18.7 Å². The Morgan fingerprint density at radius 3 is 3.00 bits per heavy atom. The largest absolute Gasteiger partial charge is 0.505 e. The number of nitrogens with zero attached hydrogens (tertiary/aromatic N) is 1. The van der Waals surface area contributed by atoms with Crippen LogP contribution >= 0.6 is 22.6 Å². The number of hydrogen-bond acceptors (Lipinski definition) is 2. The van der Waals surface area contributed by atoms with Crippen LogP contribution in [-0.4, -0.2) is 10.1 Å². The molecule has 0 aliphatic carbocycles. The summed E-state index contributed by atoms with van der Waals surface area (Å²) < 4.78 is 0.795. The van der Waals surface area contributed by atoms with Crippen molar-refractivity contribution in [2.24, 2.45) is 0 Å². The first kappa shape index (κ1) is 9.45. The third-order valence-electron chi connectivity index (χ3n) is 2.07. The summed E-state index contributed by atoms with van der Waals surface area (Å²) in [5, 5.41) is 10.7. The molecule has 0 bridgehead atoms. The summed E-state index contributed by atoms with van der Waals surface area (Å²) in [5.41, 5.74) is 1.63. The maximum Gasteiger partial charge on any atom is 0.155 e. The topological polar surface area (TPSA) is 33.1 Å². The van der Waals surface area contributed by atoms with E-state index in [9.17, 15) is 5.11 Å². The highest BCUT2D eigenvalue weighted by molar-refractivity contribution is 14.1. The van der Waals surface area contributed by atoms with Crippen LogP contribution in [0.25, 0.3) is 17.0 Å². The van der Waals surface area contributed by atoms with Gasteiger partial charge in [0.2, 0.25) is 0 Å². The molecule has 1 N–H and O–H groups in total. The minimum absolute atomic E-state index is 0.242. The number of aromatic hydroxyl groups is 1. The summed E-state index contributed by atoms with van der Waals surface area (Å²) in [4.78, 5) is 4.15. The molecule has 0 aliphatic heterocycles. The van der Waals surface area contributed by atoms with Gasteiger partial charge in [0.05, 0.1) is 3.57 Å². The third-order valence-corrected chi connectivity index (χ3v) is 2.89. The molecule has 0 saturated carbocycles. The normalized spacial score (nSPS) is 10.4. The zero-order chi connectivity index (χ0) is 10.1. The van der Waals surface area contributed by atoms with Gasteiger partial charge in [0.15, 0.2) is 5.75 Å². The van der Waals surface area contributed by atoms with E-state index in [0.717, 1.165) is 14.5 Å². The Morgan fingerprint density at radius 1 is 1.50 bits per heavy atom. The molecule has 2 aromatic rings. The standard InChI is InChI=1S/C11H8INO/c1-2-7-6-9(12)11(14)10-8(7)4-3-5-13-10/h2-6,14H,1H2. The minimum Gasteiger partial charge on any atom is -0.505 e. The maximum atomic E-state index is 9.77. The first-order valence-corrected chi connectivity index (χ1v) is 5.20. The Labute approximate surface area is 95.4 Å². The van der Waals surface area contributed by atoms with Crippen molar-refractivity contribution >= 4 is 39.6 Å². The quantitative estimate of drug-likeness (QED) is 0.820. The fourth-order valence-corrected chi connectivity index (χ4v) is 1.98. The lowest BCUT2D eigenvalue weighted by atomic mass is 10.1. The van der Waals surface area contributed by atoms with Crippen LogP contribution in [0.3, 0.4) is 0 Å². The van der Waals surface area contributed by atoms with Crippen molar-refractivity contribution in [3.8, 4) is 5.75 Å². The SMILES string of the molecule is C=Cc1cc(I)c(O)c2ncccc12. The van der Waals surface area contributed by atoms with E-state index in [-0.39, 0.29) is 5.75 Å². The fourth-order valence-electron chi connectivity index (χ4n) is 1.39. The van der Waals surface area contributed by atoms with E-state index >= 15 is 0 Å². The zero-order valence-corrected chi connectivity index (χ0v) is 9.52. The highest BCUT2D eigenvalue weighted by Gasteiger charge is 2.07. The van der Waals surface area contributed by atoms with Gasteiger partial charge in [-0.15, -0.1) is 0 Å². The Kier molecular flexibility index (Phi) is 2.41. The molecule has 1 aromatic heterocycles. The van der Waals surface area contributed by atoms with Gasteiger partial charge in [-0.25, -0.2) is 0 Å². The molecule has 14 heavy (non-hydrogen) atoms. The Morgan fingerprint density at radius 2 is 2.29 bits per heavy atom. The number of hydrogen-bond donors (Lipinski definition) is 1. The molecule has 1 heterocycles. The van der Waals surface area contributed by atoms with E-state index in [1.165, 1.54) is 0 Å². The Balaban J connectivity index is 2.96. The maximum absolute atomic E-state index is 9.77. The number of phenolic OH excluding ortho intramolecular Hbond substituents is 1. The number of fused-ring (bicyclic) bond motifs is 1. The van der Waals surface area contributed by atoms with Gasteiger partial charge in [0.1, 0.15) is 5.52 Å². The molecule has 3 heteroatoms. The van der Waals surface area contributed by atoms with Crippen LogP contribution in [0.5, 0.6) is 5.75 Å². The monoisotopic (exact) mass is 297 g/mol. The number of aromatic nitrogens is 1. The van der Waals surface area contributed by atoms with Gasteiger partial charge < -0.3 is 5.11 Å². The molecule has 0 radical (unpaired) electrons. The summed E-state index contributed by atoms with van der Waals surface area (Å²) in [6.45, 7) is 3.74. The number of pyridine rings is 1. The average molecular weight is 297 g/mol. The van der Waals surface area contributed by atoms with Crippen molar-refractivity contribution < 1.29 is 5.11 Å². The van der Waals surface area contributed by atoms with Crippen molar-refractivity contribution in [1.82, 2.24) is 4.98 Å². The molecule has 2 rings (SSSR count). The molecule has 1 aromatic carbocycles. The van der Waals surface area contributed by atoms with Gasteiger partial charge >= 0.3 is 0 Å². The number of benzene rings is 1. The zero-order valence-electron chi connectivity index (χ0n) is 7.37. The lowest BCUT2D eigenvalue weighted by Gasteiger charge is -2.05. The van der Waals surface area contributed by atoms with Gasteiger partial charge in [-0.05, 0) is 40.3 Å². The van der Waals surface area contributed by atoms with Crippen LogP contribution < -0.4 is 0 Å². The molecule has 0 saturated heterocycles. The van der Waals surface area contributed by atoms with E-state index in [2.05, 4.69) is 34.2 Å². The van der Waals surface area contributed by atoms with Gasteiger partial charge in [0.25, 0.3) is 0 Å². The van der Waals surface area contributed by atoms with Crippen LogP contribution in [0.4, 0.5) is 0 Å². The molecular formula is C11H8INO. The highest BCUT2D eigenvalue weighted by Crippen LogP contribution is 2.31. The fraction of sp³-hybridized carbons (Fsp3) is 0. The summed E-state index contributed by atoms with van der Waals surface area (Å²) in [6, 6.07) is 5.67. The molecule has 0 fully saturated rings. The van der Waals surface area contributed by atoms with Crippen molar-refractivity contribution in [3.63, 3.8) is 0 Å². The summed E-state index contributed by atoms with van der Waals surface area (Å²) >= 11 is 2.08. The second kappa shape index (κ2) is 3.57. The second-order valence-electron chi connectivity index (χ2n) is 2.90. The highest BCUT2D eigenvalue weighted by atomic mass is 127. The van der Waals surface area contributed by atoms with E-state index < -0.39 is 0 Å². The lowest BCUT2D eigenvalue weighted by molar-refractivity contribution is 0.476. The van der Waals surface area contributed by atoms with Crippen LogP contribution in [0.15, 0.2) is 31.0 Å². The number of phenols is 1. The smallest absolute Gasteiger partial charge is 0.155 e. The van der Waals surface area contributed by atoms with Crippen LogP contribution in [0.2, 0.25) is 0 Å². The van der Waals surface area contributed by atoms with Gasteiger partial charge in [-0.2, -0.15) is 0 Å². The molecule has 2 nitrogen and oxygen atoms in total. The summed E-state index contributed by atoms with van der Waals surface area (Å²) in [5.74, 6) is 0.242. The third kappa shape index (κ3) is 1.37. The van der Waals surface area contributed by atoms with Gasteiger partial charge in [-0.3, -0.25) is 4.98 Å². The molecular weight excluding hydrogens is 289 g/mol. The first-order valence-electron chi connectivity index (χ1n) is 4.12. The first-order chi connectivity index (χ1) is 6.74. The lowest BCUT2D eigenvalue weighted by Crippen LogP contribution is -1.85. The minimum atomic E-state index is 0.242. The molecule has 0 spiro atoms. The Bertz CT molecular complexity index is 508. The predicted molar refractivity (Wildman–Crippen MR) is 66.2 cm³/mol. The number of halogens is 1. The summed E-state index contributed by atoms with van der Waals surface area (Å²) in [7, 11) is 0. The van der Waals surface area contributed by atoms with E-state index in [1.807, 2.05) is 18.2 Å². The van der Waals surface area contributed by atoms with Crippen molar-refractivity contribution in [3.05, 3.63) is 40.1 Å². The molecule has 0 atom stereocenters. The molecule has 70 valence electrons. The van der Waals surface area contributed by atoms with E-state index in [1.54, 1.807) is 12.3 Å². The van der Waals surface area contributed by atoms with Gasteiger partial charge in [0, 0.05) is 11.6 Å². The van der Waals surface area contributed by atoms with Crippen LogP contribution in [0, 0.1) is 3.57 Å². The molecule has 0 unspecified atom stereocenters. The Hall–Kier alpha value is -1.10. The van der Waals surface area contributed by atoms with Crippen molar-refractivity contribution in [2.75, 3.05) is 0 Å². The van der Waals surface area contributed by atoms with Crippen LogP contribution in [-0.2, 0) is 0 Å². The van der Waals surface area contributed by atoms with Crippen molar-refractivity contribution in [1.29, 1.82) is 0 Å².